The highest BCUT2D eigenvalue weighted by molar-refractivity contribution is 4.42. The minimum absolute atomic E-state index is 0.760. The lowest BCUT2D eigenvalue weighted by Crippen LogP contribution is -2.23. The molecule has 62 valence electrons. The summed E-state index contributed by atoms with van der Waals surface area (Å²) in [4.78, 5) is 5.19. The highest BCUT2D eigenvalue weighted by atomic mass is 16.7. The first-order valence-electron chi connectivity index (χ1n) is 3.80. The lowest BCUT2D eigenvalue weighted by Gasteiger charge is -2.14. The fourth-order valence-corrected chi connectivity index (χ4v) is 0.763. The maximum Gasteiger partial charge on any atom is 0.0656 e. The molecule has 0 spiro atoms. The summed E-state index contributed by atoms with van der Waals surface area (Å²) < 4.78 is 0. The third-order valence-corrected chi connectivity index (χ3v) is 1.25. The normalized spacial score (nSPS) is 10.8. The first-order valence-corrected chi connectivity index (χ1v) is 3.80. The molecule has 0 aliphatic rings. The van der Waals surface area contributed by atoms with Gasteiger partial charge >= 0.3 is 0 Å². The predicted molar refractivity (Wildman–Crippen MR) is 42.8 cm³/mol. The quantitative estimate of drug-likeness (QED) is 0.436. The Balaban J connectivity index is 2.97. The molecule has 0 aromatic rings. The summed E-state index contributed by atoms with van der Waals surface area (Å²) in [7, 11) is 3.92. The number of rotatable bonds is 6. The van der Waals surface area contributed by atoms with Gasteiger partial charge in [0.15, 0.2) is 0 Å². The molecule has 1 N–H and O–H groups in total. The number of hydrogen-bond acceptors (Lipinski definition) is 3. The molecule has 3 heteroatoms. The highest BCUT2D eigenvalue weighted by Crippen LogP contribution is 1.86. The van der Waals surface area contributed by atoms with Crippen molar-refractivity contribution in [3.05, 3.63) is 0 Å². The minimum atomic E-state index is 0.760. The van der Waals surface area contributed by atoms with E-state index in [0.717, 1.165) is 26.1 Å². The van der Waals surface area contributed by atoms with Gasteiger partial charge in [-0.15, -0.1) is 0 Å². The van der Waals surface area contributed by atoms with Gasteiger partial charge in [0.1, 0.15) is 0 Å². The Bertz CT molecular complexity index is 68.6. The van der Waals surface area contributed by atoms with E-state index < -0.39 is 0 Å². The largest absolute Gasteiger partial charge is 0.320 e. The van der Waals surface area contributed by atoms with Gasteiger partial charge in [0, 0.05) is 13.6 Å². The molecule has 10 heavy (non-hydrogen) atoms. The van der Waals surface area contributed by atoms with Crippen LogP contribution in [0.2, 0.25) is 0 Å². The molecule has 0 aromatic carbocycles. The van der Waals surface area contributed by atoms with Crippen LogP contribution in [-0.4, -0.2) is 38.9 Å². The molecule has 0 saturated heterocycles. The van der Waals surface area contributed by atoms with Gasteiger partial charge in [-0.05, 0) is 26.9 Å². The van der Waals surface area contributed by atoms with Crippen molar-refractivity contribution in [1.82, 2.24) is 10.4 Å². The van der Waals surface area contributed by atoms with Gasteiger partial charge in [-0.25, -0.2) is 0 Å². The fraction of sp³-hybridized carbons (Fsp3) is 1.00. The smallest absolute Gasteiger partial charge is 0.0656 e. The van der Waals surface area contributed by atoms with Crippen LogP contribution >= 0.6 is 0 Å². The van der Waals surface area contributed by atoms with E-state index in [1.54, 1.807) is 0 Å². The maximum atomic E-state index is 5.19. The summed E-state index contributed by atoms with van der Waals surface area (Å²) in [5, 5.41) is 4.96. The first-order chi connectivity index (χ1) is 4.81. The van der Waals surface area contributed by atoms with Crippen LogP contribution in [0.3, 0.4) is 0 Å². The van der Waals surface area contributed by atoms with E-state index in [0.29, 0.717) is 0 Å². The summed E-state index contributed by atoms with van der Waals surface area (Å²) >= 11 is 0. The van der Waals surface area contributed by atoms with Crippen molar-refractivity contribution in [1.29, 1.82) is 0 Å². The van der Waals surface area contributed by atoms with Crippen molar-refractivity contribution in [2.24, 2.45) is 0 Å². The first kappa shape index (κ1) is 9.88. The van der Waals surface area contributed by atoms with Gasteiger partial charge in [-0.2, -0.15) is 5.06 Å². The molecular formula is C7H18N2O. The molecule has 0 atom stereocenters. The third-order valence-electron chi connectivity index (χ3n) is 1.25. The van der Waals surface area contributed by atoms with Gasteiger partial charge in [0.2, 0.25) is 0 Å². The lowest BCUT2D eigenvalue weighted by atomic mass is 10.4. The molecule has 0 aromatic heterocycles. The van der Waals surface area contributed by atoms with Crippen LogP contribution in [0.25, 0.3) is 0 Å². The lowest BCUT2D eigenvalue weighted by molar-refractivity contribution is -0.134. The average molecular weight is 146 g/mol. The predicted octanol–water partition coefficient (Wildman–Crippen LogP) is 0.479. The summed E-state index contributed by atoms with van der Waals surface area (Å²) in [6.45, 7) is 4.80. The zero-order valence-electron chi connectivity index (χ0n) is 7.18. The number of hydrogen-bond donors (Lipinski definition) is 1. The van der Waals surface area contributed by atoms with Crippen LogP contribution in [0.4, 0.5) is 0 Å². The second kappa shape index (κ2) is 6.99. The van der Waals surface area contributed by atoms with Gasteiger partial charge in [0.05, 0.1) is 6.61 Å². The molecular weight excluding hydrogens is 128 g/mol. The van der Waals surface area contributed by atoms with E-state index in [1.165, 1.54) is 0 Å². The summed E-state index contributed by atoms with van der Waals surface area (Å²) in [5.74, 6) is 0. The maximum absolute atomic E-state index is 5.19. The Morgan fingerprint density at radius 1 is 1.50 bits per heavy atom. The molecule has 0 heterocycles. The van der Waals surface area contributed by atoms with Gasteiger partial charge in [-0.1, -0.05) is 0 Å². The molecule has 0 amide bonds. The van der Waals surface area contributed by atoms with Crippen molar-refractivity contribution in [2.75, 3.05) is 33.8 Å². The monoisotopic (exact) mass is 146 g/mol. The molecule has 0 bridgehead atoms. The van der Waals surface area contributed by atoms with Gasteiger partial charge in [0.25, 0.3) is 0 Å². The molecule has 0 rings (SSSR count). The zero-order chi connectivity index (χ0) is 7.82. The molecule has 0 aliphatic carbocycles. The van der Waals surface area contributed by atoms with E-state index in [9.17, 15) is 0 Å². The molecule has 0 unspecified atom stereocenters. The number of nitrogens with one attached hydrogen (secondary N) is 1. The van der Waals surface area contributed by atoms with Crippen LogP contribution in [0.15, 0.2) is 0 Å². The Morgan fingerprint density at radius 3 is 2.70 bits per heavy atom. The molecule has 0 saturated carbocycles. The van der Waals surface area contributed by atoms with Crippen LogP contribution in [0.5, 0.6) is 0 Å². The van der Waals surface area contributed by atoms with Crippen molar-refractivity contribution < 1.29 is 4.84 Å². The summed E-state index contributed by atoms with van der Waals surface area (Å²) in [6, 6.07) is 0. The Morgan fingerprint density at radius 2 is 2.20 bits per heavy atom. The van der Waals surface area contributed by atoms with Crippen LogP contribution in [-0.2, 0) is 4.84 Å². The number of hydroxylamine groups is 2. The fourth-order valence-electron chi connectivity index (χ4n) is 0.763. The standard InChI is InChI=1S/C7H18N2O/c1-4-10-9(3)7-5-6-8-2/h8H,4-7H2,1-3H3. The number of nitrogens with zero attached hydrogens (tertiary/aromatic N) is 1. The van der Waals surface area contributed by atoms with E-state index in [4.69, 9.17) is 4.84 Å². The van der Waals surface area contributed by atoms with E-state index in [-0.39, 0.29) is 0 Å². The zero-order valence-corrected chi connectivity index (χ0v) is 7.18. The average Bonchev–Trinajstić information content (AvgIpc) is 1.89. The minimum Gasteiger partial charge on any atom is -0.320 e. The van der Waals surface area contributed by atoms with Crippen LogP contribution < -0.4 is 5.32 Å². The molecule has 3 nitrogen and oxygen atoms in total. The Hall–Kier alpha value is -0.120. The van der Waals surface area contributed by atoms with Crippen LogP contribution in [0, 0.1) is 0 Å². The third kappa shape index (κ3) is 6.01. The van der Waals surface area contributed by atoms with Crippen LogP contribution in [0.1, 0.15) is 13.3 Å². The summed E-state index contributed by atoms with van der Waals surface area (Å²) in [6.07, 6.45) is 1.13. The molecule has 0 aliphatic heterocycles. The van der Waals surface area contributed by atoms with Gasteiger partial charge < -0.3 is 5.32 Å². The highest BCUT2D eigenvalue weighted by Gasteiger charge is 1.93. The Kier molecular flexibility index (Phi) is 6.91. The van der Waals surface area contributed by atoms with Crippen molar-refractivity contribution in [2.45, 2.75) is 13.3 Å². The van der Waals surface area contributed by atoms with Gasteiger partial charge in [-0.3, -0.25) is 4.84 Å². The van der Waals surface area contributed by atoms with Crippen molar-refractivity contribution >= 4 is 0 Å². The van der Waals surface area contributed by atoms with Crippen molar-refractivity contribution in [3.63, 3.8) is 0 Å². The van der Waals surface area contributed by atoms with E-state index >= 15 is 0 Å². The second-order valence-electron chi connectivity index (χ2n) is 2.23. The Labute approximate surface area is 63.3 Å². The molecule has 0 radical (unpaired) electrons. The molecule has 0 fully saturated rings. The summed E-state index contributed by atoms with van der Waals surface area (Å²) in [5.41, 5.74) is 0. The van der Waals surface area contributed by atoms with E-state index in [1.807, 2.05) is 26.1 Å². The SMILES string of the molecule is CCON(C)CCCNC. The second-order valence-corrected chi connectivity index (χ2v) is 2.23. The van der Waals surface area contributed by atoms with E-state index in [2.05, 4.69) is 5.32 Å². The van der Waals surface area contributed by atoms with Crippen molar-refractivity contribution in [3.8, 4) is 0 Å². The topological polar surface area (TPSA) is 24.5 Å².